The lowest BCUT2D eigenvalue weighted by molar-refractivity contribution is 0.669. The molecular weight excluding hydrogens is 793 g/mol. The molecule has 8 heteroatoms. The predicted octanol–water partition coefficient (Wildman–Crippen LogP) is 14.4. The van der Waals surface area contributed by atoms with Crippen LogP contribution in [0.2, 0.25) is 0 Å². The summed E-state index contributed by atoms with van der Waals surface area (Å²) in [5.41, 5.74) is 11.2. The zero-order valence-electron chi connectivity index (χ0n) is 33.5. The molecule has 0 saturated heterocycles. The van der Waals surface area contributed by atoms with Crippen molar-refractivity contribution >= 4 is 75.4 Å². The molecule has 0 bridgehead atoms. The maximum Gasteiger partial charge on any atom is 0.238 e. The lowest BCUT2D eigenvalue weighted by Crippen LogP contribution is -2.06. The van der Waals surface area contributed by atoms with Crippen LogP contribution < -0.4 is 0 Å². The SMILES string of the molecule is c1ccc(-c2nc(-c3ccc4c(c3)oc3c(-c5nc(-c6ccccc6)c6sc7ccccc7c6n5)cccc34)nc(-n3c4ccccc4c4c(-c5ccccc5)cccc43)n2)cc1. The highest BCUT2D eigenvalue weighted by Crippen LogP contribution is 2.43. The second kappa shape index (κ2) is 14.1. The molecule has 13 aromatic rings. The van der Waals surface area contributed by atoms with Crippen molar-refractivity contribution in [3.05, 3.63) is 194 Å². The molecule has 0 spiro atoms. The number of para-hydroxylation sites is 2. The van der Waals surface area contributed by atoms with Crippen molar-refractivity contribution in [2.24, 2.45) is 0 Å². The molecule has 5 heterocycles. The molecular formula is C55H32N6OS. The van der Waals surface area contributed by atoms with Crippen molar-refractivity contribution in [2.45, 2.75) is 0 Å². The van der Waals surface area contributed by atoms with E-state index in [1.807, 2.05) is 42.5 Å². The Hall–Kier alpha value is -8.33. The van der Waals surface area contributed by atoms with Crippen molar-refractivity contribution in [1.29, 1.82) is 0 Å². The van der Waals surface area contributed by atoms with Gasteiger partial charge >= 0.3 is 0 Å². The van der Waals surface area contributed by atoms with E-state index < -0.39 is 0 Å². The summed E-state index contributed by atoms with van der Waals surface area (Å²) in [6.07, 6.45) is 0. The van der Waals surface area contributed by atoms with Gasteiger partial charge in [-0.25, -0.2) is 15.0 Å². The van der Waals surface area contributed by atoms with E-state index in [4.69, 9.17) is 29.3 Å². The molecule has 0 aliphatic rings. The van der Waals surface area contributed by atoms with Crippen LogP contribution in [-0.2, 0) is 0 Å². The highest BCUT2D eigenvalue weighted by Gasteiger charge is 2.23. The van der Waals surface area contributed by atoms with Crippen molar-refractivity contribution < 1.29 is 4.42 Å². The standard InChI is InChI=1S/C55H32N6OS/c1-4-16-33(17-5-1)37-24-15-28-44-47(37)40-22-10-12-27-43(40)61(44)55-59-52(35-20-8-3-9-21-35)58-53(60-55)36-30-31-38-39-25-14-26-42(50(39)62-45(38)32-36)54-56-48(34-18-6-2-7-19-34)51-49(57-54)41-23-11-13-29-46(41)63-51/h1-32H. The quantitative estimate of drug-likeness (QED) is 0.166. The molecule has 0 N–H and O–H groups in total. The van der Waals surface area contributed by atoms with Gasteiger partial charge in [-0.3, -0.25) is 4.57 Å². The number of aromatic nitrogens is 6. The Morgan fingerprint density at radius 1 is 0.413 bits per heavy atom. The largest absolute Gasteiger partial charge is 0.455 e. The third-order valence-electron chi connectivity index (χ3n) is 11.9. The maximum atomic E-state index is 6.86. The Balaban J connectivity index is 1.00. The summed E-state index contributed by atoms with van der Waals surface area (Å²) in [4.78, 5) is 26.1. The van der Waals surface area contributed by atoms with Gasteiger partial charge in [0.1, 0.15) is 11.2 Å². The van der Waals surface area contributed by atoms with Crippen molar-refractivity contribution in [3.8, 4) is 62.5 Å². The van der Waals surface area contributed by atoms with E-state index in [0.29, 0.717) is 29.0 Å². The Kier molecular flexibility index (Phi) is 7.94. The molecule has 294 valence electrons. The van der Waals surface area contributed by atoms with Crippen LogP contribution in [0.3, 0.4) is 0 Å². The van der Waals surface area contributed by atoms with Crippen LogP contribution in [0, 0.1) is 0 Å². The van der Waals surface area contributed by atoms with E-state index in [2.05, 4.69) is 156 Å². The predicted molar refractivity (Wildman–Crippen MR) is 257 cm³/mol. The van der Waals surface area contributed by atoms with Crippen molar-refractivity contribution in [3.63, 3.8) is 0 Å². The fourth-order valence-corrected chi connectivity index (χ4v) is 10.2. The lowest BCUT2D eigenvalue weighted by atomic mass is 9.99. The van der Waals surface area contributed by atoms with E-state index in [-0.39, 0.29) is 0 Å². The van der Waals surface area contributed by atoms with Gasteiger partial charge in [0.15, 0.2) is 17.5 Å². The van der Waals surface area contributed by atoms with Crippen LogP contribution >= 0.6 is 11.3 Å². The number of nitrogens with zero attached hydrogens (tertiary/aromatic N) is 6. The smallest absolute Gasteiger partial charge is 0.238 e. The van der Waals surface area contributed by atoms with Gasteiger partial charge in [-0.15, -0.1) is 11.3 Å². The number of benzene rings is 8. The zero-order chi connectivity index (χ0) is 41.4. The first-order valence-corrected chi connectivity index (χ1v) is 21.7. The topological polar surface area (TPSA) is 82.5 Å². The van der Waals surface area contributed by atoms with Gasteiger partial charge in [0.2, 0.25) is 5.95 Å². The van der Waals surface area contributed by atoms with Crippen LogP contribution in [0.15, 0.2) is 199 Å². The molecule has 0 saturated carbocycles. The summed E-state index contributed by atoms with van der Waals surface area (Å²) in [7, 11) is 0. The average Bonchev–Trinajstić information content (AvgIpc) is 4.04. The Labute approximate surface area is 364 Å². The first-order chi connectivity index (χ1) is 31.2. The van der Waals surface area contributed by atoms with Crippen LogP contribution in [0.4, 0.5) is 0 Å². The second-order valence-electron chi connectivity index (χ2n) is 15.6. The zero-order valence-corrected chi connectivity index (χ0v) is 34.3. The fraction of sp³-hybridized carbons (Fsp3) is 0. The molecule has 7 nitrogen and oxygen atoms in total. The minimum atomic E-state index is 0.532. The summed E-state index contributed by atoms with van der Waals surface area (Å²) < 4.78 is 11.3. The molecule has 8 aromatic carbocycles. The van der Waals surface area contributed by atoms with E-state index >= 15 is 0 Å². The van der Waals surface area contributed by atoms with Gasteiger partial charge in [-0.05, 0) is 47.5 Å². The number of rotatable bonds is 6. The molecule has 0 unspecified atom stereocenters. The Bertz CT molecular complexity index is 3910. The minimum absolute atomic E-state index is 0.532. The van der Waals surface area contributed by atoms with Gasteiger partial charge in [-0.2, -0.15) is 9.97 Å². The molecule has 0 amide bonds. The molecule has 0 aliphatic carbocycles. The van der Waals surface area contributed by atoms with Crippen LogP contribution in [-0.4, -0.2) is 29.5 Å². The van der Waals surface area contributed by atoms with Crippen LogP contribution in [0.25, 0.3) is 127 Å². The summed E-state index contributed by atoms with van der Waals surface area (Å²) >= 11 is 1.73. The molecule has 13 rings (SSSR count). The highest BCUT2D eigenvalue weighted by atomic mass is 32.1. The minimum Gasteiger partial charge on any atom is -0.455 e. The first kappa shape index (κ1) is 35.4. The Morgan fingerprint density at radius 3 is 1.86 bits per heavy atom. The van der Waals surface area contributed by atoms with E-state index in [0.717, 1.165) is 92.8 Å². The molecule has 5 aromatic heterocycles. The van der Waals surface area contributed by atoms with Gasteiger partial charge in [0, 0.05) is 48.3 Å². The molecule has 0 atom stereocenters. The van der Waals surface area contributed by atoms with Crippen LogP contribution in [0.5, 0.6) is 0 Å². The Morgan fingerprint density at radius 2 is 1.05 bits per heavy atom. The van der Waals surface area contributed by atoms with Crippen LogP contribution in [0.1, 0.15) is 0 Å². The monoisotopic (exact) mass is 824 g/mol. The van der Waals surface area contributed by atoms with Gasteiger partial charge in [0.25, 0.3) is 0 Å². The number of thiophene rings is 1. The van der Waals surface area contributed by atoms with Gasteiger partial charge < -0.3 is 4.42 Å². The molecule has 0 aliphatic heterocycles. The van der Waals surface area contributed by atoms with Gasteiger partial charge in [-0.1, -0.05) is 158 Å². The molecule has 0 fully saturated rings. The third kappa shape index (κ3) is 5.69. The van der Waals surface area contributed by atoms with E-state index in [1.54, 1.807) is 11.3 Å². The first-order valence-electron chi connectivity index (χ1n) is 20.8. The number of fused-ring (bicyclic) bond motifs is 9. The highest BCUT2D eigenvalue weighted by molar-refractivity contribution is 7.26. The summed E-state index contributed by atoms with van der Waals surface area (Å²) in [5.74, 6) is 2.27. The number of hydrogen-bond donors (Lipinski definition) is 0. The summed E-state index contributed by atoms with van der Waals surface area (Å²) in [6.45, 7) is 0. The van der Waals surface area contributed by atoms with Crippen molar-refractivity contribution in [2.75, 3.05) is 0 Å². The number of hydrogen-bond acceptors (Lipinski definition) is 7. The summed E-state index contributed by atoms with van der Waals surface area (Å²) in [6, 6.07) is 66.8. The van der Waals surface area contributed by atoms with Crippen molar-refractivity contribution in [1.82, 2.24) is 29.5 Å². The second-order valence-corrected chi connectivity index (χ2v) is 16.7. The number of furan rings is 1. The maximum absolute atomic E-state index is 6.86. The normalized spacial score (nSPS) is 11.8. The molecule has 63 heavy (non-hydrogen) atoms. The lowest BCUT2D eigenvalue weighted by Gasteiger charge is -2.11. The fourth-order valence-electron chi connectivity index (χ4n) is 9.02. The third-order valence-corrected chi connectivity index (χ3v) is 13.1. The van der Waals surface area contributed by atoms with Gasteiger partial charge in [0.05, 0.1) is 32.5 Å². The van der Waals surface area contributed by atoms with E-state index in [9.17, 15) is 0 Å². The average molecular weight is 825 g/mol. The summed E-state index contributed by atoms with van der Waals surface area (Å²) in [5, 5.41) is 5.35. The van der Waals surface area contributed by atoms with E-state index in [1.165, 1.54) is 4.70 Å². The molecule has 0 radical (unpaired) electrons.